The Hall–Kier alpha value is -4.06. The van der Waals surface area contributed by atoms with Crippen LogP contribution in [0, 0.1) is 0 Å². The lowest BCUT2D eigenvalue weighted by Crippen LogP contribution is -2.31. The van der Waals surface area contributed by atoms with Crippen molar-refractivity contribution in [2.75, 3.05) is 13.2 Å². The van der Waals surface area contributed by atoms with Crippen molar-refractivity contribution >= 4 is 17.4 Å². The van der Waals surface area contributed by atoms with Crippen LogP contribution in [0.5, 0.6) is 11.5 Å². The van der Waals surface area contributed by atoms with E-state index in [1.54, 1.807) is 11.0 Å². The molecule has 1 N–H and O–H groups in total. The molecule has 6 nitrogen and oxygen atoms in total. The van der Waals surface area contributed by atoms with E-state index in [0.717, 1.165) is 23.3 Å². The molecule has 1 amide bonds. The molecule has 1 fully saturated rings. The Kier molecular flexibility index (Phi) is 6.51. The minimum Gasteiger partial charge on any atom is -0.507 e. The fourth-order valence-electron chi connectivity index (χ4n) is 5.02. The Morgan fingerprint density at radius 3 is 2.64 bits per heavy atom. The monoisotopic (exact) mass is 483 g/mol. The summed E-state index contributed by atoms with van der Waals surface area (Å²) in [6.45, 7) is 4.72. The van der Waals surface area contributed by atoms with Gasteiger partial charge in [0.1, 0.15) is 23.4 Å². The molecule has 0 spiro atoms. The number of benzene rings is 3. The molecule has 2 aliphatic rings. The predicted molar refractivity (Wildman–Crippen MR) is 137 cm³/mol. The van der Waals surface area contributed by atoms with Crippen LogP contribution in [0.2, 0.25) is 0 Å². The van der Waals surface area contributed by atoms with Gasteiger partial charge in [-0.25, -0.2) is 0 Å². The Morgan fingerprint density at radius 1 is 1.06 bits per heavy atom. The maximum atomic E-state index is 13.4. The summed E-state index contributed by atoms with van der Waals surface area (Å²) in [6.07, 6.45) is 1.37. The molecule has 3 aromatic rings. The number of carbonyl (C=O) groups is 2. The minimum absolute atomic E-state index is 0.0577. The van der Waals surface area contributed by atoms with Crippen molar-refractivity contribution in [1.82, 2.24) is 4.90 Å². The maximum absolute atomic E-state index is 13.4. The van der Waals surface area contributed by atoms with Gasteiger partial charge in [0, 0.05) is 18.5 Å². The molecule has 2 atom stereocenters. The average Bonchev–Trinajstić information content (AvgIpc) is 3.38. The number of aliphatic hydroxyl groups is 1. The summed E-state index contributed by atoms with van der Waals surface area (Å²) in [5, 5.41) is 11.4. The van der Waals surface area contributed by atoms with Gasteiger partial charge < -0.3 is 19.5 Å². The SMILES string of the molecule is CCOc1cccc([C@@H]2C(=C(O)c3ccc4c(c3)C[C@H](C)O4)C(=O)C(=O)N2CCc2ccccc2)c1. The zero-order valence-corrected chi connectivity index (χ0v) is 20.4. The highest BCUT2D eigenvalue weighted by atomic mass is 16.5. The van der Waals surface area contributed by atoms with Crippen LogP contribution in [0.4, 0.5) is 0 Å². The van der Waals surface area contributed by atoms with E-state index in [-0.39, 0.29) is 17.4 Å². The highest BCUT2D eigenvalue weighted by Crippen LogP contribution is 2.41. The molecule has 184 valence electrons. The van der Waals surface area contributed by atoms with Gasteiger partial charge in [0.25, 0.3) is 11.7 Å². The van der Waals surface area contributed by atoms with Gasteiger partial charge in [0.05, 0.1) is 18.2 Å². The molecule has 0 aromatic heterocycles. The van der Waals surface area contributed by atoms with Gasteiger partial charge >= 0.3 is 0 Å². The second-order valence-electron chi connectivity index (χ2n) is 9.19. The highest BCUT2D eigenvalue weighted by molar-refractivity contribution is 6.46. The van der Waals surface area contributed by atoms with Gasteiger partial charge in [0.15, 0.2) is 0 Å². The average molecular weight is 484 g/mol. The van der Waals surface area contributed by atoms with Gasteiger partial charge in [-0.2, -0.15) is 0 Å². The summed E-state index contributed by atoms with van der Waals surface area (Å²) in [6, 6.07) is 21.9. The topological polar surface area (TPSA) is 76.1 Å². The first kappa shape index (κ1) is 23.7. The maximum Gasteiger partial charge on any atom is 0.295 e. The van der Waals surface area contributed by atoms with Crippen LogP contribution in [0.15, 0.2) is 78.4 Å². The summed E-state index contributed by atoms with van der Waals surface area (Å²) >= 11 is 0. The van der Waals surface area contributed by atoms with Gasteiger partial charge in [-0.15, -0.1) is 0 Å². The Labute approximate surface area is 210 Å². The van der Waals surface area contributed by atoms with E-state index in [1.807, 2.05) is 80.6 Å². The van der Waals surface area contributed by atoms with E-state index in [2.05, 4.69) is 0 Å². The largest absolute Gasteiger partial charge is 0.507 e. The zero-order valence-electron chi connectivity index (χ0n) is 20.4. The van der Waals surface area contributed by atoms with Crippen molar-refractivity contribution in [3.05, 3.63) is 101 Å². The zero-order chi connectivity index (χ0) is 25.2. The smallest absolute Gasteiger partial charge is 0.295 e. The van der Waals surface area contributed by atoms with Crippen LogP contribution < -0.4 is 9.47 Å². The lowest BCUT2D eigenvalue weighted by atomic mass is 9.94. The number of hydrogen-bond acceptors (Lipinski definition) is 5. The van der Waals surface area contributed by atoms with Crippen molar-refractivity contribution in [2.45, 2.75) is 38.8 Å². The van der Waals surface area contributed by atoms with Crippen molar-refractivity contribution < 1.29 is 24.2 Å². The normalized spacial score (nSPS) is 20.3. The number of aliphatic hydroxyl groups excluding tert-OH is 1. The molecule has 36 heavy (non-hydrogen) atoms. The Balaban J connectivity index is 1.58. The second kappa shape index (κ2) is 9.90. The van der Waals surface area contributed by atoms with Crippen molar-refractivity contribution in [1.29, 1.82) is 0 Å². The first-order chi connectivity index (χ1) is 17.5. The van der Waals surface area contributed by atoms with Crippen LogP contribution in [-0.4, -0.2) is 41.0 Å². The quantitative estimate of drug-likeness (QED) is 0.288. The minimum atomic E-state index is -0.724. The third kappa shape index (κ3) is 4.47. The Bertz CT molecular complexity index is 1330. The molecular formula is C30H29NO5. The van der Waals surface area contributed by atoms with E-state index in [1.165, 1.54) is 0 Å². The fourth-order valence-corrected chi connectivity index (χ4v) is 5.02. The van der Waals surface area contributed by atoms with E-state index in [9.17, 15) is 14.7 Å². The number of likely N-dealkylation sites (tertiary alicyclic amines) is 1. The molecule has 0 bridgehead atoms. The highest BCUT2D eigenvalue weighted by Gasteiger charge is 2.46. The molecule has 0 unspecified atom stereocenters. The van der Waals surface area contributed by atoms with Gasteiger partial charge in [0.2, 0.25) is 0 Å². The molecule has 2 aliphatic heterocycles. The molecule has 0 aliphatic carbocycles. The summed E-state index contributed by atoms with van der Waals surface area (Å²) in [7, 11) is 0. The summed E-state index contributed by atoms with van der Waals surface area (Å²) in [5.74, 6) is -0.0460. The first-order valence-electron chi connectivity index (χ1n) is 12.3. The molecule has 0 radical (unpaired) electrons. The molecule has 5 rings (SSSR count). The van der Waals surface area contributed by atoms with Crippen LogP contribution in [0.3, 0.4) is 0 Å². The van der Waals surface area contributed by atoms with Crippen LogP contribution in [0.1, 0.15) is 42.1 Å². The number of rotatable bonds is 7. The predicted octanol–water partition coefficient (Wildman–Crippen LogP) is 5.07. The molecule has 1 saturated heterocycles. The van der Waals surface area contributed by atoms with Crippen molar-refractivity contribution in [3.63, 3.8) is 0 Å². The molecule has 2 heterocycles. The van der Waals surface area contributed by atoms with E-state index in [4.69, 9.17) is 9.47 Å². The third-order valence-corrected chi connectivity index (χ3v) is 6.68. The first-order valence-corrected chi connectivity index (χ1v) is 12.3. The van der Waals surface area contributed by atoms with Gasteiger partial charge in [-0.05, 0) is 67.3 Å². The Morgan fingerprint density at radius 2 is 1.86 bits per heavy atom. The molecule has 6 heteroatoms. The van der Waals surface area contributed by atoms with Crippen molar-refractivity contribution in [3.8, 4) is 11.5 Å². The standard InChI is InChI=1S/C30H29NO5/c1-3-35-24-11-7-10-21(18-24)27-26(28(32)22-12-13-25-23(17-22)16-19(2)36-25)29(33)30(34)31(27)15-14-20-8-5-4-6-9-20/h4-13,17-19,27,32H,3,14-16H2,1-2H3/t19-,27+/m0/s1. The van der Waals surface area contributed by atoms with Crippen LogP contribution >= 0.6 is 0 Å². The van der Waals surface area contributed by atoms with E-state index < -0.39 is 17.7 Å². The number of hydrogen-bond donors (Lipinski definition) is 1. The third-order valence-electron chi connectivity index (χ3n) is 6.68. The summed E-state index contributed by atoms with van der Waals surface area (Å²) in [5.41, 5.74) is 3.34. The number of ether oxygens (including phenoxy) is 2. The summed E-state index contributed by atoms with van der Waals surface area (Å²) < 4.78 is 11.5. The summed E-state index contributed by atoms with van der Waals surface area (Å²) in [4.78, 5) is 28.2. The number of amides is 1. The number of carbonyl (C=O) groups excluding carboxylic acids is 2. The van der Waals surface area contributed by atoms with E-state index >= 15 is 0 Å². The van der Waals surface area contributed by atoms with Gasteiger partial charge in [-0.3, -0.25) is 9.59 Å². The van der Waals surface area contributed by atoms with Crippen LogP contribution in [-0.2, 0) is 22.4 Å². The second-order valence-corrected chi connectivity index (χ2v) is 9.19. The number of Topliss-reactive ketones (excluding diaryl/α,β-unsaturated/α-hetero) is 1. The molecule has 0 saturated carbocycles. The lowest BCUT2D eigenvalue weighted by Gasteiger charge is -2.26. The molecular weight excluding hydrogens is 454 g/mol. The number of fused-ring (bicyclic) bond motifs is 1. The molecule has 3 aromatic carbocycles. The fraction of sp³-hybridized carbons (Fsp3) is 0.267. The van der Waals surface area contributed by atoms with E-state index in [0.29, 0.717) is 36.4 Å². The van der Waals surface area contributed by atoms with Crippen LogP contribution in [0.25, 0.3) is 5.76 Å². The van der Waals surface area contributed by atoms with Crippen molar-refractivity contribution in [2.24, 2.45) is 0 Å². The van der Waals surface area contributed by atoms with Gasteiger partial charge in [-0.1, -0.05) is 42.5 Å². The number of ketones is 1. The number of nitrogens with zero attached hydrogens (tertiary/aromatic N) is 1. The lowest BCUT2D eigenvalue weighted by molar-refractivity contribution is -0.139.